The smallest absolute Gasteiger partial charge is 0.387 e. The molecule has 1 fully saturated rings. The lowest BCUT2D eigenvalue weighted by molar-refractivity contribution is -0.0518. The molecule has 0 aliphatic heterocycles. The van der Waals surface area contributed by atoms with Crippen LogP contribution in [-0.2, 0) is 6.54 Å². The Balaban J connectivity index is 1.95. The van der Waals surface area contributed by atoms with E-state index < -0.39 is 6.61 Å². The van der Waals surface area contributed by atoms with E-state index in [2.05, 4.69) is 10.1 Å². The minimum Gasteiger partial charge on any atom is -0.493 e. The van der Waals surface area contributed by atoms with E-state index in [0.29, 0.717) is 17.9 Å². The van der Waals surface area contributed by atoms with Crippen molar-refractivity contribution in [3.8, 4) is 11.5 Å². The number of methoxy groups -OCH3 is 1. The monoisotopic (exact) mass is 271 g/mol. The van der Waals surface area contributed by atoms with Crippen LogP contribution in [0, 0.1) is 5.92 Å². The van der Waals surface area contributed by atoms with Gasteiger partial charge in [0, 0.05) is 12.1 Å². The second-order valence-electron chi connectivity index (χ2n) is 4.74. The highest BCUT2D eigenvalue weighted by Gasteiger charge is 2.20. The summed E-state index contributed by atoms with van der Waals surface area (Å²) in [4.78, 5) is 0. The summed E-state index contributed by atoms with van der Waals surface area (Å²) in [6.45, 7) is -1.44. The highest BCUT2D eigenvalue weighted by molar-refractivity contribution is 5.46. The van der Waals surface area contributed by atoms with Crippen molar-refractivity contribution in [2.24, 2.45) is 5.92 Å². The van der Waals surface area contributed by atoms with Gasteiger partial charge in [0.05, 0.1) is 7.11 Å². The van der Waals surface area contributed by atoms with Crippen LogP contribution in [0.3, 0.4) is 0 Å². The van der Waals surface area contributed by atoms with E-state index in [-0.39, 0.29) is 5.75 Å². The molecule has 0 atom stereocenters. The predicted molar refractivity (Wildman–Crippen MR) is 68.7 cm³/mol. The van der Waals surface area contributed by atoms with E-state index in [1.54, 1.807) is 18.2 Å². The first-order chi connectivity index (χ1) is 9.20. The third-order valence-corrected chi connectivity index (χ3v) is 3.23. The Morgan fingerprint density at radius 1 is 1.37 bits per heavy atom. The van der Waals surface area contributed by atoms with Crippen LogP contribution in [0.1, 0.15) is 24.8 Å². The van der Waals surface area contributed by atoms with Gasteiger partial charge in [0.2, 0.25) is 0 Å². The molecule has 1 saturated carbocycles. The van der Waals surface area contributed by atoms with Gasteiger partial charge in [-0.05, 0) is 24.9 Å². The lowest BCUT2D eigenvalue weighted by Crippen LogP contribution is -2.17. The van der Waals surface area contributed by atoms with Crippen LogP contribution in [0.25, 0.3) is 0 Å². The largest absolute Gasteiger partial charge is 0.493 e. The first kappa shape index (κ1) is 14.1. The van der Waals surface area contributed by atoms with E-state index in [4.69, 9.17) is 4.74 Å². The number of para-hydroxylation sites is 1. The van der Waals surface area contributed by atoms with Crippen molar-refractivity contribution in [1.82, 2.24) is 5.32 Å². The molecule has 1 N–H and O–H groups in total. The van der Waals surface area contributed by atoms with Gasteiger partial charge < -0.3 is 14.8 Å². The maximum atomic E-state index is 12.4. The number of benzene rings is 1. The summed E-state index contributed by atoms with van der Waals surface area (Å²) in [5.41, 5.74) is 0.690. The summed E-state index contributed by atoms with van der Waals surface area (Å²) in [6.07, 6.45) is 3.79. The second-order valence-corrected chi connectivity index (χ2v) is 4.74. The second kappa shape index (κ2) is 6.70. The van der Waals surface area contributed by atoms with Crippen molar-refractivity contribution >= 4 is 0 Å². The highest BCUT2D eigenvalue weighted by Crippen LogP contribution is 2.33. The van der Waals surface area contributed by atoms with E-state index in [9.17, 15) is 8.78 Å². The fourth-order valence-electron chi connectivity index (χ4n) is 2.02. The summed E-state index contributed by atoms with van der Waals surface area (Å²) >= 11 is 0. The van der Waals surface area contributed by atoms with Crippen LogP contribution >= 0.6 is 0 Å². The minimum atomic E-state index is -2.85. The molecule has 0 spiro atoms. The molecule has 0 radical (unpaired) electrons. The lowest BCUT2D eigenvalue weighted by atomic mass is 10.1. The van der Waals surface area contributed by atoms with E-state index in [0.717, 1.165) is 18.9 Å². The summed E-state index contributed by atoms with van der Waals surface area (Å²) in [5.74, 6) is 1.32. The van der Waals surface area contributed by atoms with Gasteiger partial charge in [0.25, 0.3) is 0 Å². The van der Waals surface area contributed by atoms with Gasteiger partial charge in [-0.2, -0.15) is 8.78 Å². The molecule has 1 aromatic carbocycles. The van der Waals surface area contributed by atoms with Crippen LogP contribution in [0.15, 0.2) is 18.2 Å². The number of ether oxygens (including phenoxy) is 2. The summed E-state index contributed by atoms with van der Waals surface area (Å²) in [7, 11) is 1.44. The summed E-state index contributed by atoms with van der Waals surface area (Å²) in [5, 5.41) is 3.26. The van der Waals surface area contributed by atoms with E-state index in [1.807, 2.05) is 0 Å². The molecule has 0 heterocycles. The molecule has 2 rings (SSSR count). The van der Waals surface area contributed by atoms with Crippen LogP contribution < -0.4 is 14.8 Å². The van der Waals surface area contributed by atoms with Crippen molar-refractivity contribution < 1.29 is 18.3 Å². The molecular weight excluding hydrogens is 252 g/mol. The maximum Gasteiger partial charge on any atom is 0.387 e. The molecule has 3 nitrogen and oxygen atoms in total. The Morgan fingerprint density at radius 3 is 2.79 bits per heavy atom. The molecule has 1 aromatic rings. The van der Waals surface area contributed by atoms with Crippen LogP contribution in [0.4, 0.5) is 8.78 Å². The van der Waals surface area contributed by atoms with Gasteiger partial charge in [-0.3, -0.25) is 0 Å². The topological polar surface area (TPSA) is 30.5 Å². The molecule has 1 aliphatic rings. The zero-order valence-corrected chi connectivity index (χ0v) is 11.0. The lowest BCUT2D eigenvalue weighted by Gasteiger charge is -2.14. The van der Waals surface area contributed by atoms with Crippen LogP contribution in [0.5, 0.6) is 11.5 Å². The molecule has 19 heavy (non-hydrogen) atoms. The van der Waals surface area contributed by atoms with Gasteiger partial charge in [-0.1, -0.05) is 25.0 Å². The molecule has 0 saturated heterocycles. The van der Waals surface area contributed by atoms with Crippen molar-refractivity contribution in [2.45, 2.75) is 32.4 Å². The zero-order valence-electron chi connectivity index (χ0n) is 11.0. The van der Waals surface area contributed by atoms with Crippen molar-refractivity contribution in [2.75, 3.05) is 13.7 Å². The fraction of sp³-hybridized carbons (Fsp3) is 0.571. The van der Waals surface area contributed by atoms with Gasteiger partial charge >= 0.3 is 6.61 Å². The van der Waals surface area contributed by atoms with Crippen LogP contribution in [0.2, 0.25) is 0 Å². The third-order valence-electron chi connectivity index (χ3n) is 3.23. The maximum absolute atomic E-state index is 12.4. The molecule has 0 bridgehead atoms. The Kier molecular flexibility index (Phi) is 4.96. The van der Waals surface area contributed by atoms with Gasteiger partial charge in [-0.15, -0.1) is 0 Å². The summed E-state index contributed by atoms with van der Waals surface area (Å²) < 4.78 is 34.5. The molecule has 0 unspecified atom stereocenters. The molecule has 106 valence electrons. The van der Waals surface area contributed by atoms with Gasteiger partial charge in [-0.25, -0.2) is 0 Å². The van der Waals surface area contributed by atoms with Crippen molar-refractivity contribution in [3.63, 3.8) is 0 Å². The van der Waals surface area contributed by atoms with E-state index in [1.165, 1.54) is 20.0 Å². The minimum absolute atomic E-state index is 0.124. The number of alkyl halides is 2. The fourth-order valence-corrected chi connectivity index (χ4v) is 2.02. The SMILES string of the molecule is COc1cccc(CNCCC2CC2)c1OC(F)F. The predicted octanol–water partition coefficient (Wildman–Crippen LogP) is 3.19. The molecule has 0 amide bonds. The molecular formula is C14H19F2NO2. The highest BCUT2D eigenvalue weighted by atomic mass is 19.3. The van der Waals surface area contributed by atoms with Crippen LogP contribution in [-0.4, -0.2) is 20.3 Å². The van der Waals surface area contributed by atoms with Crippen molar-refractivity contribution in [1.29, 1.82) is 0 Å². The van der Waals surface area contributed by atoms with Crippen molar-refractivity contribution in [3.05, 3.63) is 23.8 Å². The average molecular weight is 271 g/mol. The molecule has 1 aliphatic carbocycles. The normalized spacial score (nSPS) is 14.7. The number of halogens is 2. The standard InChI is InChI=1S/C14H19F2NO2/c1-18-12-4-2-3-11(13(12)19-14(15)16)9-17-8-7-10-5-6-10/h2-4,10,14,17H,5-9H2,1H3. The zero-order chi connectivity index (χ0) is 13.7. The Hall–Kier alpha value is -1.36. The number of hydrogen-bond acceptors (Lipinski definition) is 3. The van der Waals surface area contributed by atoms with Gasteiger partial charge in [0.15, 0.2) is 11.5 Å². The van der Waals surface area contributed by atoms with Gasteiger partial charge in [0.1, 0.15) is 0 Å². The van der Waals surface area contributed by atoms with E-state index >= 15 is 0 Å². The average Bonchev–Trinajstić information content (AvgIpc) is 3.19. The first-order valence-electron chi connectivity index (χ1n) is 6.52. The first-order valence-corrected chi connectivity index (χ1v) is 6.52. The Bertz CT molecular complexity index is 408. The number of hydrogen-bond donors (Lipinski definition) is 1. The quantitative estimate of drug-likeness (QED) is 0.737. The Labute approximate surface area is 111 Å². The molecule has 0 aromatic heterocycles. The Morgan fingerprint density at radius 2 is 2.16 bits per heavy atom. The summed E-state index contributed by atoms with van der Waals surface area (Å²) in [6, 6.07) is 5.16. The number of rotatable bonds is 8. The number of nitrogens with one attached hydrogen (secondary N) is 1. The molecule has 5 heteroatoms. The third kappa shape index (κ3) is 4.35.